The predicted molar refractivity (Wildman–Crippen MR) is 68.8 cm³/mol. The Morgan fingerprint density at radius 1 is 1.41 bits per heavy atom. The van der Waals surface area contributed by atoms with Gasteiger partial charge in [-0.25, -0.2) is 4.98 Å². The third kappa shape index (κ3) is 2.20. The Hall–Kier alpha value is -1.35. The Morgan fingerprint density at radius 3 is 3.18 bits per heavy atom. The van der Waals surface area contributed by atoms with E-state index >= 15 is 0 Å². The van der Waals surface area contributed by atoms with Crippen molar-refractivity contribution >= 4 is 11.0 Å². The summed E-state index contributed by atoms with van der Waals surface area (Å²) in [6.45, 7) is 6.03. The summed E-state index contributed by atoms with van der Waals surface area (Å²) in [4.78, 5) is 6.14. The van der Waals surface area contributed by atoms with Crippen molar-refractivity contribution in [3.63, 3.8) is 0 Å². The molecule has 1 aromatic carbocycles. The van der Waals surface area contributed by atoms with E-state index in [1.54, 1.807) is 4.90 Å². The van der Waals surface area contributed by atoms with Crippen LogP contribution in [0.3, 0.4) is 0 Å². The quantitative estimate of drug-likeness (QED) is 0.825. The van der Waals surface area contributed by atoms with Gasteiger partial charge in [-0.3, -0.25) is 4.57 Å². The van der Waals surface area contributed by atoms with Crippen molar-refractivity contribution in [2.45, 2.75) is 26.4 Å². The van der Waals surface area contributed by atoms with Gasteiger partial charge in [-0.2, -0.15) is 0 Å². The zero-order valence-electron chi connectivity index (χ0n) is 10.4. The molecule has 1 aliphatic rings. The minimum absolute atomic E-state index is 0.869. The molecule has 90 valence electrons. The standard InChI is InChI=1S/C14H19N3/c1-12-5-4-8-16(9-12)11-17-10-15-13-6-2-3-7-14(13)17/h2-3,6-7,10,12H,4-5,8-9,11H2,1H3/p+1/t12-/m0/s1. The SMILES string of the molecule is C[C@H]1CCC[NH+](Cn2cnc3ccccc32)C1. The first-order chi connectivity index (χ1) is 8.33. The van der Waals surface area contributed by atoms with Gasteiger partial charge in [0, 0.05) is 5.92 Å². The second kappa shape index (κ2) is 4.49. The molecule has 2 atom stereocenters. The molecule has 0 spiro atoms. The second-order valence-corrected chi connectivity index (χ2v) is 5.31. The highest BCUT2D eigenvalue weighted by molar-refractivity contribution is 5.74. The molecule has 1 N–H and O–H groups in total. The number of hydrogen-bond donors (Lipinski definition) is 1. The average Bonchev–Trinajstić information content (AvgIpc) is 2.73. The van der Waals surface area contributed by atoms with E-state index in [0.717, 1.165) is 18.1 Å². The molecule has 1 fully saturated rings. The van der Waals surface area contributed by atoms with Crippen LogP contribution in [-0.4, -0.2) is 22.6 Å². The van der Waals surface area contributed by atoms with Crippen molar-refractivity contribution in [3.05, 3.63) is 30.6 Å². The van der Waals surface area contributed by atoms with Crippen molar-refractivity contribution in [2.75, 3.05) is 13.1 Å². The van der Waals surface area contributed by atoms with E-state index in [0.29, 0.717) is 0 Å². The van der Waals surface area contributed by atoms with Crippen molar-refractivity contribution < 1.29 is 4.90 Å². The van der Waals surface area contributed by atoms with Crippen LogP contribution in [0, 0.1) is 5.92 Å². The summed E-state index contributed by atoms with van der Waals surface area (Å²) in [6, 6.07) is 8.39. The zero-order valence-corrected chi connectivity index (χ0v) is 10.4. The summed E-state index contributed by atoms with van der Waals surface area (Å²) in [6.07, 6.45) is 4.74. The van der Waals surface area contributed by atoms with Gasteiger partial charge >= 0.3 is 0 Å². The van der Waals surface area contributed by atoms with Gasteiger partial charge in [0.25, 0.3) is 0 Å². The van der Waals surface area contributed by atoms with Crippen LogP contribution in [0.15, 0.2) is 30.6 Å². The molecule has 3 nitrogen and oxygen atoms in total. The van der Waals surface area contributed by atoms with E-state index in [1.807, 2.05) is 6.33 Å². The third-order valence-corrected chi connectivity index (χ3v) is 3.79. The molecular formula is C14H20N3+. The van der Waals surface area contributed by atoms with E-state index in [4.69, 9.17) is 0 Å². The number of aromatic nitrogens is 2. The van der Waals surface area contributed by atoms with Crippen LogP contribution in [0.5, 0.6) is 0 Å². The van der Waals surface area contributed by atoms with Crippen molar-refractivity contribution in [3.8, 4) is 0 Å². The Morgan fingerprint density at radius 2 is 2.29 bits per heavy atom. The number of para-hydroxylation sites is 2. The summed E-state index contributed by atoms with van der Waals surface area (Å²) in [5.41, 5.74) is 2.37. The first kappa shape index (κ1) is 10.8. The lowest BCUT2D eigenvalue weighted by atomic mass is 10.0. The maximum Gasteiger partial charge on any atom is 0.158 e. The number of fused-ring (bicyclic) bond motifs is 1. The van der Waals surface area contributed by atoms with E-state index in [9.17, 15) is 0 Å². The van der Waals surface area contributed by atoms with Gasteiger partial charge in [-0.1, -0.05) is 19.1 Å². The topological polar surface area (TPSA) is 22.3 Å². The summed E-state index contributed by atoms with van der Waals surface area (Å²) >= 11 is 0. The fraction of sp³-hybridized carbons (Fsp3) is 0.500. The Balaban J connectivity index is 1.80. The van der Waals surface area contributed by atoms with Crippen LogP contribution in [0.1, 0.15) is 19.8 Å². The van der Waals surface area contributed by atoms with Gasteiger partial charge in [-0.05, 0) is 25.0 Å². The van der Waals surface area contributed by atoms with Gasteiger partial charge in [0.2, 0.25) is 0 Å². The minimum Gasteiger partial charge on any atom is -0.317 e. The van der Waals surface area contributed by atoms with E-state index in [2.05, 4.69) is 40.7 Å². The first-order valence-corrected chi connectivity index (χ1v) is 6.56. The fourth-order valence-electron chi connectivity index (χ4n) is 2.92. The van der Waals surface area contributed by atoms with Gasteiger partial charge < -0.3 is 4.90 Å². The molecule has 1 aromatic heterocycles. The number of rotatable bonds is 2. The number of piperidine rings is 1. The van der Waals surface area contributed by atoms with Crippen LogP contribution in [0.4, 0.5) is 0 Å². The highest BCUT2D eigenvalue weighted by atomic mass is 15.3. The molecule has 0 amide bonds. The van der Waals surface area contributed by atoms with Gasteiger partial charge in [0.05, 0.1) is 24.1 Å². The summed E-state index contributed by atoms with van der Waals surface area (Å²) in [7, 11) is 0. The first-order valence-electron chi connectivity index (χ1n) is 6.56. The zero-order chi connectivity index (χ0) is 11.7. The molecule has 1 aliphatic heterocycles. The van der Waals surface area contributed by atoms with Gasteiger partial charge in [-0.15, -0.1) is 0 Å². The van der Waals surface area contributed by atoms with Crippen molar-refractivity contribution in [1.29, 1.82) is 0 Å². The Bertz CT molecular complexity index is 503. The minimum atomic E-state index is 0.869. The van der Waals surface area contributed by atoms with Crippen LogP contribution < -0.4 is 4.90 Å². The summed E-state index contributed by atoms with van der Waals surface area (Å²) < 4.78 is 2.29. The third-order valence-electron chi connectivity index (χ3n) is 3.79. The molecule has 0 radical (unpaired) electrons. The Labute approximate surface area is 102 Å². The predicted octanol–water partition coefficient (Wildman–Crippen LogP) is 1.31. The smallest absolute Gasteiger partial charge is 0.158 e. The molecule has 0 saturated carbocycles. The van der Waals surface area contributed by atoms with E-state index in [-0.39, 0.29) is 0 Å². The molecule has 2 heterocycles. The van der Waals surface area contributed by atoms with Crippen molar-refractivity contribution in [2.24, 2.45) is 5.92 Å². The second-order valence-electron chi connectivity index (χ2n) is 5.31. The van der Waals surface area contributed by atoms with E-state index < -0.39 is 0 Å². The van der Waals surface area contributed by atoms with E-state index in [1.165, 1.54) is 31.4 Å². The van der Waals surface area contributed by atoms with Crippen LogP contribution in [0.2, 0.25) is 0 Å². The monoisotopic (exact) mass is 230 g/mol. The Kier molecular flexibility index (Phi) is 2.85. The molecular weight excluding hydrogens is 210 g/mol. The molecule has 3 heteroatoms. The number of likely N-dealkylation sites (tertiary alicyclic amines) is 1. The van der Waals surface area contributed by atoms with Gasteiger partial charge in [0.15, 0.2) is 6.67 Å². The lowest BCUT2D eigenvalue weighted by molar-refractivity contribution is -0.930. The number of hydrogen-bond acceptors (Lipinski definition) is 1. The lowest BCUT2D eigenvalue weighted by Crippen LogP contribution is -3.12. The van der Waals surface area contributed by atoms with Crippen LogP contribution in [-0.2, 0) is 6.67 Å². The fourth-order valence-corrected chi connectivity index (χ4v) is 2.92. The van der Waals surface area contributed by atoms with Gasteiger partial charge in [0.1, 0.15) is 6.33 Å². The number of imidazole rings is 1. The molecule has 2 aromatic rings. The summed E-state index contributed by atoms with van der Waals surface area (Å²) in [5, 5.41) is 0. The van der Waals surface area contributed by atoms with Crippen LogP contribution in [0.25, 0.3) is 11.0 Å². The maximum absolute atomic E-state index is 4.45. The van der Waals surface area contributed by atoms with Crippen LogP contribution >= 0.6 is 0 Å². The largest absolute Gasteiger partial charge is 0.317 e. The molecule has 1 unspecified atom stereocenters. The molecule has 17 heavy (non-hydrogen) atoms. The average molecular weight is 230 g/mol. The highest BCUT2D eigenvalue weighted by Gasteiger charge is 2.20. The number of nitrogens with zero attached hydrogens (tertiary/aromatic N) is 2. The normalized spacial score (nSPS) is 25.2. The molecule has 0 aliphatic carbocycles. The number of nitrogens with one attached hydrogen (secondary N) is 1. The summed E-state index contributed by atoms with van der Waals surface area (Å²) in [5.74, 6) is 0.869. The molecule has 0 bridgehead atoms. The van der Waals surface area contributed by atoms with Crippen molar-refractivity contribution in [1.82, 2.24) is 9.55 Å². The molecule has 1 saturated heterocycles. The lowest BCUT2D eigenvalue weighted by Gasteiger charge is -2.28. The highest BCUT2D eigenvalue weighted by Crippen LogP contribution is 2.11. The number of quaternary nitrogens is 1. The molecule has 3 rings (SSSR count). The number of benzene rings is 1. The maximum atomic E-state index is 4.45.